The fourth-order valence-corrected chi connectivity index (χ4v) is 3.35. The molecule has 0 amide bonds. The number of carbonyl (C=O) groups is 2. The highest BCUT2D eigenvalue weighted by Crippen LogP contribution is 2.39. The summed E-state index contributed by atoms with van der Waals surface area (Å²) in [6.07, 6.45) is 3.41. The van der Waals surface area contributed by atoms with Crippen molar-refractivity contribution in [3.63, 3.8) is 0 Å². The number of esters is 1. The summed E-state index contributed by atoms with van der Waals surface area (Å²) in [5, 5.41) is 0. The highest BCUT2D eigenvalue weighted by Gasteiger charge is 2.46. The zero-order valence-corrected chi connectivity index (χ0v) is 14.5. The number of hydrogen-bond acceptors (Lipinski definition) is 6. The Kier molecular flexibility index (Phi) is 6.53. The topological polar surface area (TPSA) is 65.1 Å². The molecule has 1 rings (SSSR count). The van der Waals surface area contributed by atoms with Crippen LogP contribution in [-0.2, 0) is 24.1 Å². The summed E-state index contributed by atoms with van der Waals surface area (Å²) in [7, 11) is 0. The second-order valence-corrected chi connectivity index (χ2v) is 6.88. The lowest BCUT2D eigenvalue weighted by molar-refractivity contribution is -0.311. The summed E-state index contributed by atoms with van der Waals surface area (Å²) >= 11 is 0. The molecule has 1 aliphatic heterocycles. The van der Waals surface area contributed by atoms with Crippen molar-refractivity contribution in [3.05, 3.63) is 25.3 Å². The largest absolute Gasteiger partial charge is 0.461 e. The summed E-state index contributed by atoms with van der Waals surface area (Å²) in [6.45, 7) is 16.0. The Morgan fingerprint density at radius 3 is 2.09 bits per heavy atom. The van der Waals surface area contributed by atoms with Crippen molar-refractivity contribution in [1.29, 1.82) is 0 Å². The first-order valence-corrected chi connectivity index (χ1v) is 7.69. The van der Waals surface area contributed by atoms with E-state index in [0.29, 0.717) is 26.0 Å². The highest BCUT2D eigenvalue weighted by atomic mass is 17.2. The van der Waals surface area contributed by atoms with Gasteiger partial charge in [-0.3, -0.25) is 9.79 Å². The molecule has 0 bridgehead atoms. The Balaban J connectivity index is 2.68. The standard InChI is InChI=1S/C17H27NO5/c1-7-14(19)21-10-9-18-16(3,4)11-13(12-17(18,5)6)22-23-15(20)8-2/h7-8,13H,1-2,9-12H2,3-6H3. The van der Waals surface area contributed by atoms with Crippen LogP contribution in [-0.4, -0.2) is 47.2 Å². The fourth-order valence-electron chi connectivity index (χ4n) is 3.35. The van der Waals surface area contributed by atoms with Crippen LogP contribution in [0.2, 0.25) is 0 Å². The van der Waals surface area contributed by atoms with Gasteiger partial charge in [0, 0.05) is 29.8 Å². The molecular weight excluding hydrogens is 298 g/mol. The average molecular weight is 325 g/mol. The van der Waals surface area contributed by atoms with Crippen LogP contribution in [0.15, 0.2) is 25.3 Å². The molecule has 1 heterocycles. The van der Waals surface area contributed by atoms with Gasteiger partial charge in [0.15, 0.2) is 0 Å². The van der Waals surface area contributed by atoms with Crippen molar-refractivity contribution in [2.45, 2.75) is 57.7 Å². The lowest BCUT2D eigenvalue weighted by atomic mass is 9.78. The summed E-state index contributed by atoms with van der Waals surface area (Å²) in [6, 6.07) is 0. The van der Waals surface area contributed by atoms with Gasteiger partial charge in [-0.1, -0.05) is 13.2 Å². The van der Waals surface area contributed by atoms with Crippen LogP contribution in [0.1, 0.15) is 40.5 Å². The van der Waals surface area contributed by atoms with Crippen LogP contribution >= 0.6 is 0 Å². The van der Waals surface area contributed by atoms with Gasteiger partial charge in [-0.15, -0.1) is 0 Å². The number of carbonyl (C=O) groups excluding carboxylic acids is 2. The van der Waals surface area contributed by atoms with E-state index in [9.17, 15) is 9.59 Å². The van der Waals surface area contributed by atoms with Crippen molar-refractivity contribution < 1.29 is 24.1 Å². The van der Waals surface area contributed by atoms with E-state index in [-0.39, 0.29) is 17.2 Å². The van der Waals surface area contributed by atoms with Gasteiger partial charge < -0.3 is 4.74 Å². The molecule has 1 fully saturated rings. The number of nitrogens with zero attached hydrogens (tertiary/aromatic N) is 1. The molecule has 0 atom stereocenters. The second kappa shape index (κ2) is 7.75. The number of rotatable bonds is 7. The van der Waals surface area contributed by atoms with Crippen LogP contribution < -0.4 is 0 Å². The van der Waals surface area contributed by atoms with E-state index in [0.717, 1.165) is 12.2 Å². The minimum atomic E-state index is -0.598. The third kappa shape index (κ3) is 5.48. The van der Waals surface area contributed by atoms with Crippen LogP contribution in [0.3, 0.4) is 0 Å². The zero-order chi connectivity index (χ0) is 17.7. The number of hydrogen-bond donors (Lipinski definition) is 0. The van der Waals surface area contributed by atoms with Crippen LogP contribution in [0, 0.1) is 0 Å². The molecule has 0 saturated carbocycles. The molecular formula is C17H27NO5. The number of likely N-dealkylation sites (tertiary alicyclic amines) is 1. The van der Waals surface area contributed by atoms with Crippen molar-refractivity contribution in [1.82, 2.24) is 4.90 Å². The third-order valence-electron chi connectivity index (χ3n) is 4.07. The fraction of sp³-hybridized carbons (Fsp3) is 0.647. The third-order valence-corrected chi connectivity index (χ3v) is 4.07. The maximum atomic E-state index is 11.2. The van der Waals surface area contributed by atoms with E-state index in [4.69, 9.17) is 14.5 Å². The minimum absolute atomic E-state index is 0.198. The lowest BCUT2D eigenvalue weighted by Gasteiger charge is -2.54. The first-order chi connectivity index (χ1) is 10.6. The van der Waals surface area contributed by atoms with Gasteiger partial charge in [-0.25, -0.2) is 9.59 Å². The van der Waals surface area contributed by atoms with E-state index in [1.54, 1.807) is 0 Å². The molecule has 0 aliphatic carbocycles. The summed E-state index contributed by atoms with van der Waals surface area (Å²) < 4.78 is 5.09. The van der Waals surface area contributed by atoms with Gasteiger partial charge in [-0.2, -0.15) is 4.89 Å². The molecule has 0 N–H and O–H groups in total. The van der Waals surface area contributed by atoms with Gasteiger partial charge in [0.25, 0.3) is 0 Å². The van der Waals surface area contributed by atoms with Crippen LogP contribution in [0.4, 0.5) is 0 Å². The van der Waals surface area contributed by atoms with Crippen molar-refractivity contribution in [2.24, 2.45) is 0 Å². The molecule has 6 nitrogen and oxygen atoms in total. The molecule has 23 heavy (non-hydrogen) atoms. The van der Waals surface area contributed by atoms with Crippen molar-refractivity contribution in [2.75, 3.05) is 13.2 Å². The molecule has 6 heteroatoms. The Morgan fingerprint density at radius 2 is 1.61 bits per heavy atom. The van der Waals surface area contributed by atoms with Crippen LogP contribution in [0.25, 0.3) is 0 Å². The van der Waals surface area contributed by atoms with E-state index in [2.05, 4.69) is 45.8 Å². The Bertz CT molecular complexity index is 452. The Labute approximate surface area is 138 Å². The number of ether oxygens (including phenoxy) is 1. The predicted octanol–water partition coefficient (Wildman–Crippen LogP) is 2.40. The van der Waals surface area contributed by atoms with E-state index in [1.165, 1.54) is 0 Å². The molecule has 0 aromatic rings. The average Bonchev–Trinajstić information content (AvgIpc) is 2.46. The van der Waals surface area contributed by atoms with E-state index < -0.39 is 11.9 Å². The predicted molar refractivity (Wildman–Crippen MR) is 86.4 cm³/mol. The number of piperidine rings is 1. The second-order valence-electron chi connectivity index (χ2n) is 6.88. The Morgan fingerprint density at radius 1 is 1.09 bits per heavy atom. The molecule has 0 aromatic carbocycles. The van der Waals surface area contributed by atoms with E-state index in [1.807, 2.05) is 0 Å². The lowest BCUT2D eigenvalue weighted by Crippen LogP contribution is -2.62. The molecule has 1 saturated heterocycles. The van der Waals surface area contributed by atoms with Crippen molar-refractivity contribution in [3.8, 4) is 0 Å². The molecule has 0 spiro atoms. The van der Waals surface area contributed by atoms with E-state index >= 15 is 0 Å². The van der Waals surface area contributed by atoms with Gasteiger partial charge >= 0.3 is 11.9 Å². The molecule has 0 radical (unpaired) electrons. The first kappa shape index (κ1) is 19.4. The van der Waals surface area contributed by atoms with Crippen molar-refractivity contribution >= 4 is 11.9 Å². The molecule has 0 unspecified atom stereocenters. The normalized spacial score (nSPS) is 20.5. The maximum Gasteiger partial charge on any atom is 0.365 e. The van der Waals surface area contributed by atoms with Gasteiger partial charge in [0.1, 0.15) is 12.7 Å². The minimum Gasteiger partial charge on any atom is -0.461 e. The molecule has 1 aliphatic rings. The molecule has 130 valence electrons. The maximum absolute atomic E-state index is 11.2. The Hall–Kier alpha value is -1.66. The summed E-state index contributed by atoms with van der Waals surface area (Å²) in [5.74, 6) is -1.02. The zero-order valence-electron chi connectivity index (χ0n) is 14.5. The smallest absolute Gasteiger partial charge is 0.365 e. The highest BCUT2D eigenvalue weighted by molar-refractivity contribution is 5.81. The summed E-state index contributed by atoms with van der Waals surface area (Å²) in [5.41, 5.74) is -0.402. The SMILES string of the molecule is C=CC(=O)OCCN1C(C)(C)CC(OOC(=O)C=C)CC1(C)C. The van der Waals surface area contributed by atoms with Gasteiger partial charge in [0.2, 0.25) is 0 Å². The quantitative estimate of drug-likeness (QED) is 0.310. The van der Waals surface area contributed by atoms with Crippen LogP contribution in [0.5, 0.6) is 0 Å². The monoisotopic (exact) mass is 325 g/mol. The van der Waals surface area contributed by atoms with Gasteiger partial charge in [0.05, 0.1) is 0 Å². The van der Waals surface area contributed by atoms with Gasteiger partial charge in [-0.05, 0) is 40.5 Å². The summed E-state index contributed by atoms with van der Waals surface area (Å²) in [4.78, 5) is 34.6. The molecule has 0 aromatic heterocycles. The first-order valence-electron chi connectivity index (χ1n) is 7.69.